The van der Waals surface area contributed by atoms with E-state index in [-0.39, 0.29) is 5.56 Å². The molecule has 0 bridgehead atoms. The molecular weight excluding hydrogens is 246 g/mol. The van der Waals surface area contributed by atoms with Crippen molar-refractivity contribution in [2.24, 2.45) is 5.92 Å². The van der Waals surface area contributed by atoms with Crippen molar-refractivity contribution < 1.29 is 8.78 Å². The summed E-state index contributed by atoms with van der Waals surface area (Å²) >= 11 is 0. The van der Waals surface area contributed by atoms with Crippen LogP contribution < -0.4 is 5.32 Å². The summed E-state index contributed by atoms with van der Waals surface area (Å²) in [4.78, 5) is 2.20. The van der Waals surface area contributed by atoms with E-state index in [4.69, 9.17) is 0 Å². The predicted molar refractivity (Wildman–Crippen MR) is 70.7 cm³/mol. The first-order chi connectivity index (χ1) is 9.15. The Bertz CT molecular complexity index is 439. The fourth-order valence-electron chi connectivity index (χ4n) is 2.87. The van der Waals surface area contributed by atoms with E-state index in [1.165, 1.54) is 31.0 Å². The van der Waals surface area contributed by atoms with Gasteiger partial charge >= 0.3 is 0 Å². The molecule has 2 nitrogen and oxygen atoms in total. The van der Waals surface area contributed by atoms with Gasteiger partial charge in [-0.2, -0.15) is 0 Å². The number of nitrogens with zero attached hydrogens (tertiary/aromatic N) is 1. The molecule has 2 unspecified atom stereocenters. The summed E-state index contributed by atoms with van der Waals surface area (Å²) in [6.45, 7) is 4.26. The van der Waals surface area contributed by atoms with E-state index in [1.54, 1.807) is 0 Å². The quantitative estimate of drug-likeness (QED) is 0.904. The van der Waals surface area contributed by atoms with Gasteiger partial charge in [0.25, 0.3) is 0 Å². The normalized spacial score (nSPS) is 28.6. The average molecular weight is 266 g/mol. The maximum Gasteiger partial charge on any atom is 0.130 e. The molecule has 0 radical (unpaired) electrons. The van der Waals surface area contributed by atoms with Crippen LogP contribution in [-0.4, -0.2) is 30.1 Å². The monoisotopic (exact) mass is 266 g/mol. The standard InChI is InChI=1S/C15H20F2N2/c1-10-7-18-15(11-5-6-11)9-19(10)8-12-13(16)3-2-4-14(12)17/h2-4,10-11,15,18H,5-9H2,1H3. The highest BCUT2D eigenvalue weighted by Gasteiger charge is 2.36. The molecule has 2 atom stereocenters. The van der Waals surface area contributed by atoms with Crippen LogP contribution in [0.1, 0.15) is 25.3 Å². The van der Waals surface area contributed by atoms with Gasteiger partial charge in [0.2, 0.25) is 0 Å². The predicted octanol–water partition coefficient (Wildman–Crippen LogP) is 2.54. The Morgan fingerprint density at radius 3 is 2.58 bits per heavy atom. The van der Waals surface area contributed by atoms with Gasteiger partial charge in [-0.05, 0) is 37.8 Å². The molecule has 0 amide bonds. The lowest BCUT2D eigenvalue weighted by atomic mass is 10.0. The topological polar surface area (TPSA) is 15.3 Å². The molecule has 1 saturated carbocycles. The lowest BCUT2D eigenvalue weighted by molar-refractivity contribution is 0.122. The fourth-order valence-corrected chi connectivity index (χ4v) is 2.87. The minimum absolute atomic E-state index is 0.200. The SMILES string of the molecule is CC1CNC(C2CC2)CN1Cc1c(F)cccc1F. The van der Waals surface area contributed by atoms with Crippen molar-refractivity contribution in [3.05, 3.63) is 35.4 Å². The summed E-state index contributed by atoms with van der Waals surface area (Å²) in [5.41, 5.74) is 0.200. The maximum atomic E-state index is 13.7. The first-order valence-electron chi connectivity index (χ1n) is 7.05. The molecule has 2 aliphatic rings. The van der Waals surface area contributed by atoms with Gasteiger partial charge in [0.05, 0.1) is 0 Å². The van der Waals surface area contributed by atoms with Crippen molar-refractivity contribution >= 4 is 0 Å². The van der Waals surface area contributed by atoms with Crippen molar-refractivity contribution in [3.8, 4) is 0 Å². The number of hydrogen-bond acceptors (Lipinski definition) is 2. The number of piperazine rings is 1. The van der Waals surface area contributed by atoms with E-state index in [2.05, 4.69) is 17.1 Å². The van der Waals surface area contributed by atoms with E-state index in [9.17, 15) is 8.78 Å². The molecule has 0 aromatic heterocycles. The minimum atomic E-state index is -0.436. The van der Waals surface area contributed by atoms with Gasteiger partial charge in [-0.25, -0.2) is 8.78 Å². The number of halogens is 2. The van der Waals surface area contributed by atoms with Crippen LogP contribution in [0.4, 0.5) is 8.78 Å². The van der Waals surface area contributed by atoms with Crippen LogP contribution in [-0.2, 0) is 6.54 Å². The maximum absolute atomic E-state index is 13.7. The van der Waals surface area contributed by atoms with Crippen LogP contribution >= 0.6 is 0 Å². The van der Waals surface area contributed by atoms with Crippen molar-refractivity contribution in [1.82, 2.24) is 10.2 Å². The third-order valence-corrected chi connectivity index (χ3v) is 4.34. The Labute approximate surface area is 112 Å². The van der Waals surface area contributed by atoms with Crippen molar-refractivity contribution in [2.45, 2.75) is 38.4 Å². The summed E-state index contributed by atoms with van der Waals surface area (Å²) < 4.78 is 27.4. The highest BCUT2D eigenvalue weighted by atomic mass is 19.1. The molecule has 2 fully saturated rings. The van der Waals surface area contributed by atoms with E-state index in [0.717, 1.165) is 19.0 Å². The highest BCUT2D eigenvalue weighted by Crippen LogP contribution is 2.34. The van der Waals surface area contributed by atoms with Gasteiger partial charge in [0.15, 0.2) is 0 Å². The second-order valence-electron chi connectivity index (χ2n) is 5.83. The molecule has 3 rings (SSSR count). The lowest BCUT2D eigenvalue weighted by Gasteiger charge is -2.39. The van der Waals surface area contributed by atoms with Crippen LogP contribution in [0.25, 0.3) is 0 Å². The molecule has 104 valence electrons. The largest absolute Gasteiger partial charge is 0.311 e. The van der Waals surface area contributed by atoms with Gasteiger partial charge in [-0.1, -0.05) is 6.07 Å². The number of hydrogen-bond donors (Lipinski definition) is 1. The number of rotatable bonds is 3. The fraction of sp³-hybridized carbons (Fsp3) is 0.600. The van der Waals surface area contributed by atoms with Gasteiger partial charge in [-0.3, -0.25) is 4.90 Å². The molecule has 4 heteroatoms. The van der Waals surface area contributed by atoms with Crippen LogP contribution in [0.2, 0.25) is 0 Å². The van der Waals surface area contributed by atoms with Crippen LogP contribution in [0.15, 0.2) is 18.2 Å². The Hall–Kier alpha value is -1.00. The zero-order chi connectivity index (χ0) is 13.4. The van der Waals surface area contributed by atoms with Crippen molar-refractivity contribution in [2.75, 3.05) is 13.1 Å². The van der Waals surface area contributed by atoms with E-state index >= 15 is 0 Å². The molecule has 19 heavy (non-hydrogen) atoms. The highest BCUT2D eigenvalue weighted by molar-refractivity contribution is 5.20. The zero-order valence-corrected chi connectivity index (χ0v) is 11.2. The zero-order valence-electron chi connectivity index (χ0n) is 11.2. The van der Waals surface area contributed by atoms with E-state index in [1.807, 2.05) is 0 Å². The van der Waals surface area contributed by atoms with Crippen LogP contribution in [0, 0.1) is 17.6 Å². The molecule has 1 saturated heterocycles. The number of nitrogens with one attached hydrogen (secondary N) is 1. The summed E-state index contributed by atoms with van der Waals surface area (Å²) in [6, 6.07) is 4.90. The second-order valence-corrected chi connectivity index (χ2v) is 5.83. The summed E-state index contributed by atoms with van der Waals surface area (Å²) in [5, 5.41) is 3.55. The van der Waals surface area contributed by atoms with Gasteiger partial charge in [-0.15, -0.1) is 0 Å². The molecule has 1 N–H and O–H groups in total. The molecule has 1 aliphatic heterocycles. The molecule has 1 aromatic carbocycles. The van der Waals surface area contributed by atoms with E-state index < -0.39 is 11.6 Å². The molecule has 1 heterocycles. The van der Waals surface area contributed by atoms with Crippen LogP contribution in [0.3, 0.4) is 0 Å². The first kappa shape index (κ1) is 13.0. The van der Waals surface area contributed by atoms with Gasteiger partial charge < -0.3 is 5.32 Å². The molecular formula is C15H20F2N2. The second kappa shape index (κ2) is 5.17. The summed E-state index contributed by atoms with van der Waals surface area (Å²) in [5.74, 6) is -0.108. The Balaban J connectivity index is 1.73. The van der Waals surface area contributed by atoms with Crippen LogP contribution in [0.5, 0.6) is 0 Å². The van der Waals surface area contributed by atoms with Crippen molar-refractivity contribution in [3.63, 3.8) is 0 Å². The van der Waals surface area contributed by atoms with Crippen molar-refractivity contribution in [1.29, 1.82) is 0 Å². The number of benzene rings is 1. The molecule has 1 aliphatic carbocycles. The third kappa shape index (κ3) is 2.79. The smallest absolute Gasteiger partial charge is 0.130 e. The van der Waals surface area contributed by atoms with E-state index in [0.29, 0.717) is 18.6 Å². The summed E-state index contributed by atoms with van der Waals surface area (Å²) in [7, 11) is 0. The summed E-state index contributed by atoms with van der Waals surface area (Å²) in [6.07, 6.45) is 2.57. The lowest BCUT2D eigenvalue weighted by Crippen LogP contribution is -2.55. The average Bonchev–Trinajstić information content (AvgIpc) is 3.20. The Kier molecular flexibility index (Phi) is 3.54. The Morgan fingerprint density at radius 1 is 1.26 bits per heavy atom. The molecule has 0 spiro atoms. The van der Waals surface area contributed by atoms with Gasteiger partial charge in [0.1, 0.15) is 11.6 Å². The minimum Gasteiger partial charge on any atom is -0.311 e. The first-order valence-corrected chi connectivity index (χ1v) is 7.05. The third-order valence-electron chi connectivity index (χ3n) is 4.34. The molecule has 1 aromatic rings. The van der Waals surface area contributed by atoms with Gasteiger partial charge in [0, 0.05) is 37.3 Å². The Morgan fingerprint density at radius 2 is 1.95 bits per heavy atom.